The van der Waals surface area contributed by atoms with Crippen molar-refractivity contribution in [3.63, 3.8) is 0 Å². The highest BCUT2D eigenvalue weighted by atomic mass is 19.4. The van der Waals surface area contributed by atoms with E-state index in [1.54, 1.807) is 6.07 Å². The van der Waals surface area contributed by atoms with Gasteiger partial charge in [-0.05, 0) is 37.0 Å². The SMILES string of the molecule is CCC(Nc1ccc(C)c(C(F)(F)F)c1)C(C)C. The van der Waals surface area contributed by atoms with Crippen molar-refractivity contribution in [1.82, 2.24) is 0 Å². The first kappa shape index (κ1) is 14.9. The summed E-state index contributed by atoms with van der Waals surface area (Å²) in [5, 5.41) is 3.17. The Morgan fingerprint density at radius 3 is 2.28 bits per heavy atom. The van der Waals surface area contributed by atoms with Crippen LogP contribution in [-0.4, -0.2) is 6.04 Å². The van der Waals surface area contributed by atoms with E-state index in [0.29, 0.717) is 11.6 Å². The Hall–Kier alpha value is -1.19. The van der Waals surface area contributed by atoms with E-state index in [1.807, 2.05) is 6.92 Å². The molecule has 18 heavy (non-hydrogen) atoms. The number of hydrogen-bond acceptors (Lipinski definition) is 1. The van der Waals surface area contributed by atoms with Gasteiger partial charge in [-0.1, -0.05) is 26.8 Å². The second kappa shape index (κ2) is 5.63. The highest BCUT2D eigenvalue weighted by Crippen LogP contribution is 2.33. The van der Waals surface area contributed by atoms with Crippen LogP contribution in [-0.2, 0) is 6.18 Å². The molecule has 0 aliphatic carbocycles. The number of benzene rings is 1. The van der Waals surface area contributed by atoms with E-state index in [-0.39, 0.29) is 11.6 Å². The lowest BCUT2D eigenvalue weighted by molar-refractivity contribution is -0.138. The highest BCUT2D eigenvalue weighted by Gasteiger charge is 2.32. The van der Waals surface area contributed by atoms with E-state index in [0.717, 1.165) is 6.42 Å². The fourth-order valence-corrected chi connectivity index (χ4v) is 1.97. The van der Waals surface area contributed by atoms with Crippen LogP contribution in [0.1, 0.15) is 38.3 Å². The van der Waals surface area contributed by atoms with Crippen LogP contribution in [0.25, 0.3) is 0 Å². The molecule has 0 amide bonds. The van der Waals surface area contributed by atoms with Gasteiger partial charge in [-0.25, -0.2) is 0 Å². The number of nitrogens with one attached hydrogen (secondary N) is 1. The second-order valence-electron chi connectivity index (χ2n) is 4.93. The van der Waals surface area contributed by atoms with E-state index < -0.39 is 11.7 Å². The van der Waals surface area contributed by atoms with Crippen molar-refractivity contribution in [1.29, 1.82) is 0 Å². The first-order chi connectivity index (χ1) is 8.25. The lowest BCUT2D eigenvalue weighted by Gasteiger charge is -2.23. The monoisotopic (exact) mass is 259 g/mol. The molecule has 1 N–H and O–H groups in total. The Morgan fingerprint density at radius 2 is 1.83 bits per heavy atom. The summed E-state index contributed by atoms with van der Waals surface area (Å²) in [6, 6.07) is 4.60. The molecule has 0 saturated carbocycles. The van der Waals surface area contributed by atoms with Gasteiger partial charge in [0, 0.05) is 11.7 Å². The third-order valence-electron chi connectivity index (χ3n) is 3.14. The van der Waals surface area contributed by atoms with Crippen LogP contribution < -0.4 is 5.32 Å². The van der Waals surface area contributed by atoms with Crippen molar-refractivity contribution >= 4 is 5.69 Å². The average molecular weight is 259 g/mol. The van der Waals surface area contributed by atoms with Crippen LogP contribution in [0.4, 0.5) is 18.9 Å². The summed E-state index contributed by atoms with van der Waals surface area (Å²) in [5.74, 6) is 0.380. The largest absolute Gasteiger partial charge is 0.416 e. The van der Waals surface area contributed by atoms with E-state index in [9.17, 15) is 13.2 Å². The fraction of sp³-hybridized carbons (Fsp3) is 0.571. The van der Waals surface area contributed by atoms with Gasteiger partial charge in [-0.15, -0.1) is 0 Å². The minimum absolute atomic E-state index is 0.189. The van der Waals surface area contributed by atoms with Crippen LogP contribution in [0.5, 0.6) is 0 Å². The van der Waals surface area contributed by atoms with Crippen LogP contribution in [0.3, 0.4) is 0 Å². The highest BCUT2D eigenvalue weighted by molar-refractivity contribution is 5.50. The number of rotatable bonds is 4. The van der Waals surface area contributed by atoms with E-state index in [2.05, 4.69) is 19.2 Å². The lowest BCUT2D eigenvalue weighted by atomic mass is 10.0. The van der Waals surface area contributed by atoms with E-state index in [4.69, 9.17) is 0 Å². The molecular weight excluding hydrogens is 239 g/mol. The number of aryl methyl sites for hydroxylation is 1. The molecule has 0 aliphatic rings. The third-order valence-corrected chi connectivity index (χ3v) is 3.14. The smallest absolute Gasteiger partial charge is 0.382 e. The molecule has 1 unspecified atom stereocenters. The number of alkyl halides is 3. The number of anilines is 1. The molecule has 1 rings (SSSR count). The summed E-state index contributed by atoms with van der Waals surface area (Å²) >= 11 is 0. The fourth-order valence-electron chi connectivity index (χ4n) is 1.97. The topological polar surface area (TPSA) is 12.0 Å². The normalized spacial score (nSPS) is 13.8. The van der Waals surface area contributed by atoms with E-state index >= 15 is 0 Å². The first-order valence-electron chi connectivity index (χ1n) is 6.20. The van der Waals surface area contributed by atoms with Gasteiger partial charge in [0.2, 0.25) is 0 Å². The second-order valence-corrected chi connectivity index (χ2v) is 4.93. The van der Waals surface area contributed by atoms with Gasteiger partial charge in [-0.3, -0.25) is 0 Å². The molecule has 0 bridgehead atoms. The summed E-state index contributed by atoms with van der Waals surface area (Å²) < 4.78 is 38.3. The summed E-state index contributed by atoms with van der Waals surface area (Å²) in [5.41, 5.74) is 0.227. The summed E-state index contributed by atoms with van der Waals surface area (Å²) in [6.45, 7) is 7.61. The van der Waals surface area contributed by atoms with Crippen molar-refractivity contribution in [3.05, 3.63) is 29.3 Å². The maximum absolute atomic E-state index is 12.8. The van der Waals surface area contributed by atoms with Gasteiger partial charge in [0.15, 0.2) is 0 Å². The molecular formula is C14H20F3N. The number of halogens is 3. The van der Waals surface area contributed by atoms with Crippen molar-refractivity contribution in [2.75, 3.05) is 5.32 Å². The minimum atomic E-state index is -4.29. The molecule has 1 aromatic carbocycles. The van der Waals surface area contributed by atoms with Gasteiger partial charge in [0.05, 0.1) is 5.56 Å². The molecule has 0 aliphatic heterocycles. The molecule has 0 heterocycles. The van der Waals surface area contributed by atoms with Crippen LogP contribution in [0, 0.1) is 12.8 Å². The molecule has 4 heteroatoms. The van der Waals surface area contributed by atoms with Gasteiger partial charge in [0.25, 0.3) is 0 Å². The van der Waals surface area contributed by atoms with E-state index in [1.165, 1.54) is 19.1 Å². The molecule has 0 spiro atoms. The Labute approximate surface area is 106 Å². The Balaban J connectivity index is 2.99. The average Bonchev–Trinajstić information content (AvgIpc) is 2.25. The third kappa shape index (κ3) is 3.65. The van der Waals surface area contributed by atoms with Gasteiger partial charge >= 0.3 is 6.18 Å². The molecule has 1 aromatic rings. The maximum Gasteiger partial charge on any atom is 0.416 e. The van der Waals surface area contributed by atoms with Crippen LogP contribution in [0.2, 0.25) is 0 Å². The first-order valence-corrected chi connectivity index (χ1v) is 6.20. The van der Waals surface area contributed by atoms with Crippen LogP contribution in [0.15, 0.2) is 18.2 Å². The predicted molar refractivity (Wildman–Crippen MR) is 68.7 cm³/mol. The number of hydrogen-bond donors (Lipinski definition) is 1. The van der Waals surface area contributed by atoms with Gasteiger partial charge < -0.3 is 5.32 Å². The summed E-state index contributed by atoms with van der Waals surface area (Å²) in [6.07, 6.45) is -3.41. The minimum Gasteiger partial charge on any atom is -0.382 e. The molecule has 0 fully saturated rings. The Kier molecular flexibility index (Phi) is 4.65. The van der Waals surface area contributed by atoms with Crippen molar-refractivity contribution < 1.29 is 13.2 Å². The maximum atomic E-state index is 12.8. The zero-order valence-corrected chi connectivity index (χ0v) is 11.2. The van der Waals surface area contributed by atoms with Crippen molar-refractivity contribution in [2.24, 2.45) is 5.92 Å². The molecule has 102 valence electrons. The Bertz CT molecular complexity index is 397. The summed E-state index contributed by atoms with van der Waals surface area (Å²) in [7, 11) is 0. The zero-order chi connectivity index (χ0) is 13.9. The zero-order valence-electron chi connectivity index (χ0n) is 11.2. The quantitative estimate of drug-likeness (QED) is 0.814. The van der Waals surface area contributed by atoms with Crippen molar-refractivity contribution in [3.8, 4) is 0 Å². The summed E-state index contributed by atoms with van der Waals surface area (Å²) in [4.78, 5) is 0. The molecule has 0 saturated heterocycles. The Morgan fingerprint density at radius 1 is 1.22 bits per heavy atom. The molecule has 0 aromatic heterocycles. The van der Waals surface area contributed by atoms with Gasteiger partial charge in [0.1, 0.15) is 0 Å². The molecule has 1 nitrogen and oxygen atoms in total. The molecule has 1 atom stereocenters. The van der Waals surface area contributed by atoms with Gasteiger partial charge in [-0.2, -0.15) is 13.2 Å². The lowest BCUT2D eigenvalue weighted by Crippen LogP contribution is -2.24. The standard InChI is InChI=1S/C14H20F3N/c1-5-13(9(2)3)18-11-7-6-10(4)12(8-11)14(15,16)17/h6-9,13,18H,5H2,1-4H3. The predicted octanol–water partition coefficient (Wildman–Crippen LogP) is 4.86. The molecule has 0 radical (unpaired) electrons. The van der Waals surface area contributed by atoms with Crippen LogP contribution >= 0.6 is 0 Å². The van der Waals surface area contributed by atoms with Crippen molar-refractivity contribution in [2.45, 2.75) is 46.3 Å².